The molecule has 18 heavy (non-hydrogen) atoms. The van der Waals surface area contributed by atoms with E-state index in [0.717, 1.165) is 39.1 Å². The van der Waals surface area contributed by atoms with Crippen molar-refractivity contribution in [3.63, 3.8) is 0 Å². The van der Waals surface area contributed by atoms with Gasteiger partial charge in [0.15, 0.2) is 0 Å². The van der Waals surface area contributed by atoms with Gasteiger partial charge in [0, 0.05) is 39.3 Å². The summed E-state index contributed by atoms with van der Waals surface area (Å²) in [4.78, 5) is 16.1. The highest BCUT2D eigenvalue weighted by Gasteiger charge is 2.20. The molecule has 0 aliphatic carbocycles. The fraction of sp³-hybridized carbons (Fsp3) is 0.923. The highest BCUT2D eigenvalue weighted by molar-refractivity contribution is 5.78. The number of nitrogens with zero attached hydrogens (tertiary/aromatic N) is 2. The molecule has 106 valence electrons. The van der Waals surface area contributed by atoms with Crippen LogP contribution in [0.25, 0.3) is 0 Å². The monoisotopic (exact) mass is 257 g/mol. The van der Waals surface area contributed by atoms with E-state index in [0.29, 0.717) is 6.54 Å². The maximum Gasteiger partial charge on any atom is 0.236 e. The Labute approximate surface area is 110 Å². The van der Waals surface area contributed by atoms with Crippen LogP contribution in [0.15, 0.2) is 0 Å². The molecule has 0 aromatic heterocycles. The molecule has 0 spiro atoms. The molecule has 1 saturated heterocycles. The molecule has 0 atom stereocenters. The van der Waals surface area contributed by atoms with Crippen LogP contribution in [0, 0.1) is 5.41 Å². The molecule has 0 aromatic carbocycles. The third-order valence-corrected chi connectivity index (χ3v) is 3.52. The summed E-state index contributed by atoms with van der Waals surface area (Å²) in [6.45, 7) is 9.12. The predicted octanol–water partition coefficient (Wildman–Crippen LogP) is -0.241. The molecule has 1 aliphatic rings. The van der Waals surface area contributed by atoms with Gasteiger partial charge in [0.25, 0.3) is 0 Å². The summed E-state index contributed by atoms with van der Waals surface area (Å²) >= 11 is 0. The van der Waals surface area contributed by atoms with E-state index in [-0.39, 0.29) is 17.9 Å². The van der Waals surface area contributed by atoms with Gasteiger partial charge in [-0.2, -0.15) is 0 Å². The van der Waals surface area contributed by atoms with Gasteiger partial charge in [0.1, 0.15) is 0 Å². The van der Waals surface area contributed by atoms with Crippen molar-refractivity contribution >= 4 is 5.91 Å². The second kappa shape index (κ2) is 7.07. The summed E-state index contributed by atoms with van der Waals surface area (Å²) in [7, 11) is 2.08. The Morgan fingerprint density at radius 2 is 1.89 bits per heavy atom. The smallest absolute Gasteiger partial charge is 0.236 e. The molecule has 5 heteroatoms. The van der Waals surface area contributed by atoms with Crippen LogP contribution in [0.1, 0.15) is 20.3 Å². The van der Waals surface area contributed by atoms with Crippen molar-refractivity contribution in [1.29, 1.82) is 0 Å². The van der Waals surface area contributed by atoms with Gasteiger partial charge in [0.05, 0.1) is 6.54 Å². The number of piperazine rings is 1. The Morgan fingerprint density at radius 3 is 2.44 bits per heavy atom. The number of hydrogen-bond acceptors (Lipinski definition) is 4. The third kappa shape index (κ3) is 5.33. The highest BCUT2D eigenvalue weighted by Crippen LogP contribution is 2.17. The lowest BCUT2D eigenvalue weighted by molar-refractivity contribution is -0.131. The Bertz CT molecular complexity index is 261. The minimum atomic E-state index is 0.0388. The molecule has 1 rings (SSSR count). The normalized spacial score (nSPS) is 18.1. The first kappa shape index (κ1) is 15.4. The van der Waals surface area contributed by atoms with Crippen LogP contribution in [-0.4, -0.2) is 73.7 Å². The zero-order valence-corrected chi connectivity index (χ0v) is 11.9. The quantitative estimate of drug-likeness (QED) is 0.689. The van der Waals surface area contributed by atoms with Gasteiger partial charge in [-0.25, -0.2) is 0 Å². The molecular formula is C13H27N3O2. The molecule has 1 amide bonds. The van der Waals surface area contributed by atoms with Crippen molar-refractivity contribution in [2.24, 2.45) is 5.41 Å². The Morgan fingerprint density at radius 1 is 1.28 bits per heavy atom. The van der Waals surface area contributed by atoms with Crippen molar-refractivity contribution < 1.29 is 9.90 Å². The molecule has 1 fully saturated rings. The van der Waals surface area contributed by atoms with Crippen LogP contribution in [-0.2, 0) is 4.79 Å². The minimum Gasteiger partial charge on any atom is -0.396 e. The van der Waals surface area contributed by atoms with E-state index in [1.807, 2.05) is 4.90 Å². The van der Waals surface area contributed by atoms with E-state index in [1.54, 1.807) is 0 Å². The lowest BCUT2D eigenvalue weighted by Crippen LogP contribution is -2.50. The number of likely N-dealkylation sites (N-methyl/N-ethyl adjacent to an activating group) is 1. The molecule has 0 saturated carbocycles. The third-order valence-electron chi connectivity index (χ3n) is 3.52. The number of nitrogens with one attached hydrogen (secondary N) is 1. The first-order chi connectivity index (χ1) is 8.44. The number of rotatable bonds is 6. The van der Waals surface area contributed by atoms with E-state index < -0.39 is 0 Å². The van der Waals surface area contributed by atoms with Crippen LogP contribution in [0.2, 0.25) is 0 Å². The Kier molecular flexibility index (Phi) is 6.05. The van der Waals surface area contributed by atoms with Gasteiger partial charge in [-0.05, 0) is 18.9 Å². The SMILES string of the molecule is CN1CCN(C(=O)CNCC(C)(C)CCO)CC1. The summed E-state index contributed by atoms with van der Waals surface area (Å²) in [5.74, 6) is 0.183. The van der Waals surface area contributed by atoms with Gasteiger partial charge in [-0.1, -0.05) is 13.8 Å². The predicted molar refractivity (Wildman–Crippen MR) is 72.4 cm³/mol. The molecule has 5 nitrogen and oxygen atoms in total. The van der Waals surface area contributed by atoms with E-state index in [4.69, 9.17) is 5.11 Å². The number of amides is 1. The molecule has 0 aromatic rings. The van der Waals surface area contributed by atoms with Crippen LogP contribution >= 0.6 is 0 Å². The number of carbonyl (C=O) groups excluding carboxylic acids is 1. The standard InChI is InChI=1S/C13H27N3O2/c1-13(2,4-9-17)11-14-10-12(18)16-7-5-15(3)6-8-16/h14,17H,4-11H2,1-3H3. The zero-order chi connectivity index (χ0) is 13.6. The van der Waals surface area contributed by atoms with E-state index >= 15 is 0 Å². The van der Waals surface area contributed by atoms with Crippen molar-refractivity contribution in [1.82, 2.24) is 15.1 Å². The maximum atomic E-state index is 11.9. The van der Waals surface area contributed by atoms with E-state index in [1.165, 1.54) is 0 Å². The van der Waals surface area contributed by atoms with Gasteiger partial charge in [-0.15, -0.1) is 0 Å². The lowest BCUT2D eigenvalue weighted by Gasteiger charge is -2.33. The van der Waals surface area contributed by atoms with Crippen LogP contribution in [0.3, 0.4) is 0 Å². The van der Waals surface area contributed by atoms with Crippen molar-refractivity contribution in [2.75, 3.05) is 52.9 Å². The highest BCUT2D eigenvalue weighted by atomic mass is 16.3. The average molecular weight is 257 g/mol. The van der Waals surface area contributed by atoms with E-state index in [2.05, 4.69) is 31.1 Å². The number of hydrogen-bond donors (Lipinski definition) is 2. The molecule has 1 aliphatic heterocycles. The van der Waals surface area contributed by atoms with Crippen molar-refractivity contribution in [3.8, 4) is 0 Å². The molecule has 0 radical (unpaired) electrons. The number of carbonyl (C=O) groups is 1. The number of aliphatic hydroxyl groups excluding tert-OH is 1. The summed E-state index contributed by atoms with van der Waals surface area (Å²) in [6.07, 6.45) is 0.753. The molecular weight excluding hydrogens is 230 g/mol. The molecule has 0 unspecified atom stereocenters. The average Bonchev–Trinajstić information content (AvgIpc) is 2.29. The maximum absolute atomic E-state index is 11.9. The molecule has 1 heterocycles. The van der Waals surface area contributed by atoms with E-state index in [9.17, 15) is 4.79 Å². The molecule has 0 bridgehead atoms. The summed E-state index contributed by atoms with van der Waals surface area (Å²) < 4.78 is 0. The largest absolute Gasteiger partial charge is 0.396 e. The van der Waals surface area contributed by atoms with Crippen molar-refractivity contribution in [2.45, 2.75) is 20.3 Å². The van der Waals surface area contributed by atoms with Crippen LogP contribution < -0.4 is 5.32 Å². The molecule has 2 N–H and O–H groups in total. The zero-order valence-electron chi connectivity index (χ0n) is 11.9. The fourth-order valence-corrected chi connectivity index (χ4v) is 2.07. The van der Waals surface area contributed by atoms with Crippen molar-refractivity contribution in [3.05, 3.63) is 0 Å². The first-order valence-electron chi connectivity index (χ1n) is 6.72. The Balaban J connectivity index is 2.21. The summed E-state index contributed by atoms with van der Waals surface area (Å²) in [5, 5.41) is 12.1. The van der Waals surface area contributed by atoms with Crippen LogP contribution in [0.4, 0.5) is 0 Å². The second-order valence-electron chi connectivity index (χ2n) is 5.93. The van der Waals surface area contributed by atoms with Gasteiger partial charge in [0.2, 0.25) is 5.91 Å². The van der Waals surface area contributed by atoms with Gasteiger partial charge in [-0.3, -0.25) is 4.79 Å². The van der Waals surface area contributed by atoms with Gasteiger partial charge < -0.3 is 20.2 Å². The number of aliphatic hydroxyl groups is 1. The Hall–Kier alpha value is -0.650. The fourth-order valence-electron chi connectivity index (χ4n) is 2.07. The summed E-state index contributed by atoms with van der Waals surface area (Å²) in [5.41, 5.74) is 0.0388. The lowest BCUT2D eigenvalue weighted by atomic mass is 9.90. The summed E-state index contributed by atoms with van der Waals surface area (Å²) in [6, 6.07) is 0. The second-order valence-corrected chi connectivity index (χ2v) is 5.93. The minimum absolute atomic E-state index is 0.0388. The van der Waals surface area contributed by atoms with Crippen LogP contribution in [0.5, 0.6) is 0 Å². The topological polar surface area (TPSA) is 55.8 Å². The first-order valence-corrected chi connectivity index (χ1v) is 6.72. The van der Waals surface area contributed by atoms with Gasteiger partial charge >= 0.3 is 0 Å².